The van der Waals surface area contributed by atoms with E-state index in [0.29, 0.717) is 0 Å². The van der Waals surface area contributed by atoms with Gasteiger partial charge in [0.1, 0.15) is 0 Å². The van der Waals surface area contributed by atoms with E-state index >= 15 is 0 Å². The Hall–Kier alpha value is -1.65. The molecule has 0 spiro atoms. The van der Waals surface area contributed by atoms with Gasteiger partial charge in [-0.25, -0.2) is 0 Å². The molecule has 0 amide bonds. The molecule has 0 N–H and O–H groups in total. The van der Waals surface area contributed by atoms with Gasteiger partial charge in [-0.1, -0.05) is 30.3 Å². The number of aryl methyl sites for hydroxylation is 2. The predicted molar refractivity (Wildman–Crippen MR) is 94.9 cm³/mol. The second-order valence-corrected chi connectivity index (χ2v) is 7.34. The maximum Gasteiger partial charge on any atom is 0.496 e. The number of nitrogens with zero attached hydrogens (tertiary/aromatic N) is 1. The fourth-order valence-corrected chi connectivity index (χ4v) is 2.83. The second-order valence-electron chi connectivity index (χ2n) is 7.34. The molecule has 3 rings (SSSR count). The SMILES string of the molecule is Cc1ccccc1-c1ncc(B2OC(C)(C)C(C)(C)O2)cc1C. The van der Waals surface area contributed by atoms with Crippen LogP contribution in [0.15, 0.2) is 36.5 Å². The van der Waals surface area contributed by atoms with Gasteiger partial charge in [-0.3, -0.25) is 4.98 Å². The Kier molecular flexibility index (Phi) is 3.85. The minimum Gasteiger partial charge on any atom is -0.399 e. The highest BCUT2D eigenvalue weighted by Crippen LogP contribution is 2.36. The van der Waals surface area contributed by atoms with Crippen LogP contribution in [-0.4, -0.2) is 23.3 Å². The van der Waals surface area contributed by atoms with Gasteiger partial charge >= 0.3 is 7.12 Å². The second kappa shape index (κ2) is 5.46. The van der Waals surface area contributed by atoms with E-state index < -0.39 is 0 Å². The van der Waals surface area contributed by atoms with Crippen LogP contribution in [0.4, 0.5) is 0 Å². The Morgan fingerprint density at radius 1 is 0.913 bits per heavy atom. The molecule has 3 nitrogen and oxygen atoms in total. The molecule has 2 aromatic rings. The number of hydrogen-bond acceptors (Lipinski definition) is 3. The average Bonchev–Trinajstić information content (AvgIpc) is 2.68. The predicted octanol–water partition coefficient (Wildman–Crippen LogP) is 3.66. The average molecular weight is 309 g/mol. The van der Waals surface area contributed by atoms with Crippen molar-refractivity contribution in [3.05, 3.63) is 47.7 Å². The van der Waals surface area contributed by atoms with Crippen molar-refractivity contribution in [1.82, 2.24) is 4.98 Å². The molecule has 1 aromatic heterocycles. The van der Waals surface area contributed by atoms with E-state index in [0.717, 1.165) is 16.7 Å². The maximum atomic E-state index is 6.11. The number of pyridine rings is 1. The van der Waals surface area contributed by atoms with Crippen molar-refractivity contribution in [2.75, 3.05) is 0 Å². The van der Waals surface area contributed by atoms with Gasteiger partial charge in [-0.05, 0) is 52.7 Å². The van der Waals surface area contributed by atoms with Crippen LogP contribution < -0.4 is 5.46 Å². The number of aromatic nitrogens is 1. The molecule has 0 saturated carbocycles. The third-order valence-electron chi connectivity index (χ3n) is 5.03. The summed E-state index contributed by atoms with van der Waals surface area (Å²) in [6.45, 7) is 12.5. The van der Waals surface area contributed by atoms with E-state index in [9.17, 15) is 0 Å². The highest BCUT2D eigenvalue weighted by molar-refractivity contribution is 6.62. The highest BCUT2D eigenvalue weighted by atomic mass is 16.7. The van der Waals surface area contributed by atoms with Crippen molar-refractivity contribution < 1.29 is 9.31 Å². The lowest BCUT2D eigenvalue weighted by atomic mass is 9.79. The summed E-state index contributed by atoms with van der Waals surface area (Å²) in [5.41, 5.74) is 4.85. The summed E-state index contributed by atoms with van der Waals surface area (Å²) in [5.74, 6) is 0. The number of benzene rings is 1. The van der Waals surface area contributed by atoms with Crippen LogP contribution in [0, 0.1) is 13.8 Å². The Balaban J connectivity index is 1.94. The third-order valence-corrected chi connectivity index (χ3v) is 5.03. The van der Waals surface area contributed by atoms with Gasteiger partial charge in [0.25, 0.3) is 0 Å². The van der Waals surface area contributed by atoms with E-state index in [1.165, 1.54) is 11.1 Å². The molecule has 23 heavy (non-hydrogen) atoms. The van der Waals surface area contributed by atoms with E-state index in [1.54, 1.807) is 0 Å². The first-order valence-corrected chi connectivity index (χ1v) is 8.09. The zero-order chi connectivity index (χ0) is 16.8. The smallest absolute Gasteiger partial charge is 0.399 e. The summed E-state index contributed by atoms with van der Waals surface area (Å²) in [4.78, 5) is 4.69. The zero-order valence-corrected chi connectivity index (χ0v) is 14.8. The van der Waals surface area contributed by atoms with E-state index in [1.807, 2.05) is 18.3 Å². The first-order valence-electron chi connectivity index (χ1n) is 8.09. The molecule has 1 aromatic carbocycles. The summed E-state index contributed by atoms with van der Waals surface area (Å²) in [5, 5.41) is 0. The number of rotatable bonds is 2. The molecular formula is C19H24BNO2. The van der Waals surface area contributed by atoms with Gasteiger partial charge < -0.3 is 9.31 Å². The summed E-state index contributed by atoms with van der Waals surface area (Å²) in [6.07, 6.45) is 1.87. The normalized spacial score (nSPS) is 19.1. The molecule has 0 aliphatic carbocycles. The van der Waals surface area contributed by atoms with Gasteiger partial charge in [0.2, 0.25) is 0 Å². The lowest BCUT2D eigenvalue weighted by Crippen LogP contribution is -2.41. The van der Waals surface area contributed by atoms with Crippen LogP contribution in [0.3, 0.4) is 0 Å². The van der Waals surface area contributed by atoms with E-state index in [2.05, 4.69) is 64.7 Å². The van der Waals surface area contributed by atoms with Crippen molar-refractivity contribution in [3.63, 3.8) is 0 Å². The minimum absolute atomic E-state index is 0.333. The van der Waals surface area contributed by atoms with Crippen molar-refractivity contribution in [1.29, 1.82) is 0 Å². The van der Waals surface area contributed by atoms with Crippen LogP contribution >= 0.6 is 0 Å². The highest BCUT2D eigenvalue weighted by Gasteiger charge is 2.51. The molecule has 0 unspecified atom stereocenters. The van der Waals surface area contributed by atoms with Crippen LogP contribution in [-0.2, 0) is 9.31 Å². The molecule has 1 saturated heterocycles. The molecule has 1 aliphatic rings. The summed E-state index contributed by atoms with van der Waals surface area (Å²) in [7, 11) is -0.364. The fourth-order valence-electron chi connectivity index (χ4n) is 2.83. The van der Waals surface area contributed by atoms with Crippen LogP contribution in [0.25, 0.3) is 11.3 Å². The van der Waals surface area contributed by atoms with Crippen LogP contribution in [0.2, 0.25) is 0 Å². The van der Waals surface area contributed by atoms with Gasteiger partial charge in [0.15, 0.2) is 0 Å². The lowest BCUT2D eigenvalue weighted by molar-refractivity contribution is 0.00578. The monoisotopic (exact) mass is 309 g/mol. The molecule has 2 heterocycles. The van der Waals surface area contributed by atoms with Crippen molar-refractivity contribution in [2.24, 2.45) is 0 Å². The lowest BCUT2D eigenvalue weighted by Gasteiger charge is -2.32. The van der Waals surface area contributed by atoms with Crippen molar-refractivity contribution >= 4 is 12.6 Å². The molecule has 0 atom stereocenters. The van der Waals surface area contributed by atoms with Gasteiger partial charge in [0, 0.05) is 17.2 Å². The first kappa shape index (κ1) is 16.2. The van der Waals surface area contributed by atoms with Gasteiger partial charge in [-0.2, -0.15) is 0 Å². The van der Waals surface area contributed by atoms with Crippen LogP contribution in [0.5, 0.6) is 0 Å². The first-order chi connectivity index (χ1) is 10.7. The standard InChI is InChI=1S/C19H24BNO2/c1-13-9-7-8-10-16(13)17-14(2)11-15(12-21-17)20-22-18(3,4)19(5,6)23-20/h7-12H,1-6H3. The van der Waals surface area contributed by atoms with E-state index in [4.69, 9.17) is 9.31 Å². The van der Waals surface area contributed by atoms with Gasteiger partial charge in [-0.15, -0.1) is 0 Å². The topological polar surface area (TPSA) is 31.4 Å². The molecule has 0 radical (unpaired) electrons. The Morgan fingerprint density at radius 3 is 2.09 bits per heavy atom. The number of hydrogen-bond donors (Lipinski definition) is 0. The fraction of sp³-hybridized carbons (Fsp3) is 0.421. The molecular weight excluding hydrogens is 285 g/mol. The van der Waals surface area contributed by atoms with Crippen molar-refractivity contribution in [3.8, 4) is 11.3 Å². The minimum atomic E-state index is -0.364. The summed E-state index contributed by atoms with van der Waals surface area (Å²) in [6, 6.07) is 10.4. The molecule has 120 valence electrons. The van der Waals surface area contributed by atoms with Crippen molar-refractivity contribution in [2.45, 2.75) is 52.7 Å². The van der Waals surface area contributed by atoms with E-state index in [-0.39, 0.29) is 18.3 Å². The molecule has 1 fully saturated rings. The van der Waals surface area contributed by atoms with Crippen LogP contribution in [0.1, 0.15) is 38.8 Å². The zero-order valence-electron chi connectivity index (χ0n) is 14.8. The largest absolute Gasteiger partial charge is 0.496 e. The Labute approximate surface area is 139 Å². The molecule has 1 aliphatic heterocycles. The maximum absolute atomic E-state index is 6.11. The third kappa shape index (κ3) is 2.82. The quantitative estimate of drug-likeness (QED) is 0.793. The van der Waals surface area contributed by atoms with Gasteiger partial charge in [0.05, 0.1) is 16.9 Å². The summed E-state index contributed by atoms with van der Waals surface area (Å²) < 4.78 is 12.2. The molecule has 4 heteroatoms. The Bertz CT molecular complexity index is 724. The molecule has 0 bridgehead atoms. The Morgan fingerprint density at radius 2 is 1.52 bits per heavy atom. The summed E-state index contributed by atoms with van der Waals surface area (Å²) >= 11 is 0.